The summed E-state index contributed by atoms with van der Waals surface area (Å²) in [6.07, 6.45) is 2.38. The van der Waals surface area contributed by atoms with Gasteiger partial charge < -0.3 is 20.1 Å². The molecule has 4 nitrogen and oxygen atoms in total. The van der Waals surface area contributed by atoms with E-state index in [-0.39, 0.29) is 0 Å². The first-order chi connectivity index (χ1) is 8.72. The molecule has 98 valence electrons. The number of anilines is 2. The van der Waals surface area contributed by atoms with Crippen LogP contribution in [0.1, 0.15) is 12.8 Å². The normalized spacial score (nSPS) is 21.7. The second-order valence-corrected chi connectivity index (χ2v) is 5.39. The van der Waals surface area contributed by atoms with Crippen molar-refractivity contribution in [1.29, 1.82) is 0 Å². The Morgan fingerprint density at radius 1 is 1.28 bits per heavy atom. The summed E-state index contributed by atoms with van der Waals surface area (Å²) in [5.74, 6) is 0.764. The third kappa shape index (κ3) is 1.90. The number of methoxy groups -OCH3 is 1. The Balaban J connectivity index is 1.70. The van der Waals surface area contributed by atoms with E-state index in [0.717, 1.165) is 32.1 Å². The molecule has 0 radical (unpaired) electrons. The molecule has 18 heavy (non-hydrogen) atoms. The highest BCUT2D eigenvalue weighted by molar-refractivity contribution is 5.63. The van der Waals surface area contributed by atoms with Crippen LogP contribution < -0.4 is 15.4 Å². The van der Waals surface area contributed by atoms with Crippen LogP contribution in [0.3, 0.4) is 0 Å². The maximum Gasteiger partial charge on any atom is 0.143 e. The highest BCUT2D eigenvalue weighted by Crippen LogP contribution is 2.43. The van der Waals surface area contributed by atoms with Crippen molar-refractivity contribution < 1.29 is 9.47 Å². The quantitative estimate of drug-likeness (QED) is 0.812. The SMILES string of the molecule is COc1cc(N2CC3(CCOCC3)C2)ccc1N. The van der Waals surface area contributed by atoms with E-state index < -0.39 is 0 Å². The van der Waals surface area contributed by atoms with E-state index in [9.17, 15) is 0 Å². The van der Waals surface area contributed by atoms with Crippen molar-refractivity contribution in [2.24, 2.45) is 5.41 Å². The Bertz CT molecular complexity index is 433. The number of hydrogen-bond donors (Lipinski definition) is 1. The number of ether oxygens (including phenoxy) is 2. The smallest absolute Gasteiger partial charge is 0.143 e. The molecule has 1 aromatic rings. The number of benzene rings is 1. The lowest BCUT2D eigenvalue weighted by atomic mass is 9.73. The van der Waals surface area contributed by atoms with Crippen molar-refractivity contribution in [1.82, 2.24) is 0 Å². The first kappa shape index (κ1) is 11.7. The van der Waals surface area contributed by atoms with Crippen molar-refractivity contribution in [3.63, 3.8) is 0 Å². The molecule has 2 aliphatic rings. The lowest BCUT2D eigenvalue weighted by Gasteiger charge is -2.53. The van der Waals surface area contributed by atoms with E-state index in [1.807, 2.05) is 12.1 Å². The maximum atomic E-state index is 5.84. The first-order valence-electron chi connectivity index (χ1n) is 6.49. The summed E-state index contributed by atoms with van der Waals surface area (Å²) in [4.78, 5) is 2.40. The average Bonchev–Trinajstić information content (AvgIpc) is 2.37. The zero-order valence-corrected chi connectivity index (χ0v) is 10.8. The molecule has 0 bridgehead atoms. The Kier molecular flexibility index (Phi) is 2.82. The molecule has 2 aliphatic heterocycles. The molecule has 0 saturated carbocycles. The van der Waals surface area contributed by atoms with Crippen LogP contribution in [0, 0.1) is 5.41 Å². The third-order valence-electron chi connectivity index (χ3n) is 4.19. The molecule has 0 amide bonds. The van der Waals surface area contributed by atoms with Crippen molar-refractivity contribution in [2.75, 3.05) is 44.0 Å². The monoisotopic (exact) mass is 248 g/mol. The van der Waals surface area contributed by atoms with Gasteiger partial charge in [-0.2, -0.15) is 0 Å². The van der Waals surface area contributed by atoms with Crippen molar-refractivity contribution in [3.05, 3.63) is 18.2 Å². The molecule has 3 rings (SSSR count). The molecule has 2 N–H and O–H groups in total. The molecule has 2 fully saturated rings. The number of rotatable bonds is 2. The fourth-order valence-corrected chi connectivity index (χ4v) is 2.96. The van der Waals surface area contributed by atoms with Gasteiger partial charge in [-0.3, -0.25) is 0 Å². The first-order valence-corrected chi connectivity index (χ1v) is 6.49. The summed E-state index contributed by atoms with van der Waals surface area (Å²) in [5, 5.41) is 0. The summed E-state index contributed by atoms with van der Waals surface area (Å²) in [6.45, 7) is 4.09. The van der Waals surface area contributed by atoms with Gasteiger partial charge in [-0.05, 0) is 25.0 Å². The fourth-order valence-electron chi connectivity index (χ4n) is 2.96. The predicted molar refractivity (Wildman–Crippen MR) is 72.1 cm³/mol. The molecular formula is C14H20N2O2. The summed E-state index contributed by atoms with van der Waals surface area (Å²) >= 11 is 0. The molecule has 4 heteroatoms. The lowest BCUT2D eigenvalue weighted by Crippen LogP contribution is -2.58. The van der Waals surface area contributed by atoms with Gasteiger partial charge in [0.1, 0.15) is 5.75 Å². The van der Waals surface area contributed by atoms with Crippen molar-refractivity contribution in [3.8, 4) is 5.75 Å². The fraction of sp³-hybridized carbons (Fsp3) is 0.571. The van der Waals surface area contributed by atoms with E-state index in [0.29, 0.717) is 11.1 Å². The largest absolute Gasteiger partial charge is 0.495 e. The van der Waals surface area contributed by atoms with Gasteiger partial charge in [0.25, 0.3) is 0 Å². The number of nitrogens with zero attached hydrogens (tertiary/aromatic N) is 1. The average molecular weight is 248 g/mol. The zero-order chi connectivity index (χ0) is 12.6. The van der Waals surface area contributed by atoms with Crippen LogP contribution in [0.2, 0.25) is 0 Å². The van der Waals surface area contributed by atoms with E-state index in [2.05, 4.69) is 11.0 Å². The molecule has 1 aromatic carbocycles. The summed E-state index contributed by atoms with van der Waals surface area (Å²) in [6, 6.07) is 6.02. The number of hydrogen-bond acceptors (Lipinski definition) is 4. The lowest BCUT2D eigenvalue weighted by molar-refractivity contribution is -0.000200. The van der Waals surface area contributed by atoms with Crippen molar-refractivity contribution in [2.45, 2.75) is 12.8 Å². The van der Waals surface area contributed by atoms with Crippen LogP contribution in [0.15, 0.2) is 18.2 Å². The second-order valence-electron chi connectivity index (χ2n) is 5.39. The van der Waals surface area contributed by atoms with Gasteiger partial charge in [-0.1, -0.05) is 0 Å². The molecule has 0 aliphatic carbocycles. The highest BCUT2D eigenvalue weighted by atomic mass is 16.5. The molecule has 1 spiro atoms. The number of nitrogens with two attached hydrogens (primary N) is 1. The Morgan fingerprint density at radius 3 is 2.67 bits per heavy atom. The van der Waals surface area contributed by atoms with Gasteiger partial charge in [-0.25, -0.2) is 0 Å². The van der Waals surface area contributed by atoms with Gasteiger partial charge in [-0.15, -0.1) is 0 Å². The Morgan fingerprint density at radius 2 is 2.00 bits per heavy atom. The van der Waals surface area contributed by atoms with Crippen LogP contribution in [-0.4, -0.2) is 33.4 Å². The maximum absolute atomic E-state index is 5.84. The molecule has 0 unspecified atom stereocenters. The van der Waals surface area contributed by atoms with Crippen LogP contribution >= 0.6 is 0 Å². The summed E-state index contributed by atoms with van der Waals surface area (Å²) < 4.78 is 10.7. The molecule has 2 heterocycles. The zero-order valence-electron chi connectivity index (χ0n) is 10.8. The number of nitrogen functional groups attached to an aromatic ring is 1. The summed E-state index contributed by atoms with van der Waals surface area (Å²) in [5.41, 5.74) is 8.23. The Hall–Kier alpha value is -1.42. The van der Waals surface area contributed by atoms with Gasteiger partial charge in [0.15, 0.2) is 0 Å². The van der Waals surface area contributed by atoms with E-state index >= 15 is 0 Å². The third-order valence-corrected chi connectivity index (χ3v) is 4.19. The minimum atomic E-state index is 0.493. The van der Waals surface area contributed by atoms with Crippen LogP contribution in [0.5, 0.6) is 5.75 Å². The summed E-state index contributed by atoms with van der Waals surface area (Å²) in [7, 11) is 1.66. The highest BCUT2D eigenvalue weighted by Gasteiger charge is 2.43. The van der Waals surface area contributed by atoms with Gasteiger partial charge in [0.05, 0.1) is 12.8 Å². The van der Waals surface area contributed by atoms with Crippen LogP contribution in [0.25, 0.3) is 0 Å². The minimum Gasteiger partial charge on any atom is -0.495 e. The van der Waals surface area contributed by atoms with E-state index in [1.165, 1.54) is 18.5 Å². The van der Waals surface area contributed by atoms with Gasteiger partial charge in [0, 0.05) is 43.5 Å². The molecule has 0 aromatic heterocycles. The molecule has 0 atom stereocenters. The second kappa shape index (κ2) is 4.35. The van der Waals surface area contributed by atoms with Crippen LogP contribution in [0.4, 0.5) is 11.4 Å². The molecule has 2 saturated heterocycles. The molecular weight excluding hydrogens is 228 g/mol. The van der Waals surface area contributed by atoms with Gasteiger partial charge >= 0.3 is 0 Å². The minimum absolute atomic E-state index is 0.493. The predicted octanol–water partition coefficient (Wildman–Crippen LogP) is 1.89. The van der Waals surface area contributed by atoms with E-state index in [1.54, 1.807) is 7.11 Å². The van der Waals surface area contributed by atoms with E-state index in [4.69, 9.17) is 15.2 Å². The standard InChI is InChI=1S/C14H20N2O2/c1-17-13-8-11(2-3-12(13)15)16-9-14(10-16)4-6-18-7-5-14/h2-3,8H,4-7,9-10,15H2,1H3. The van der Waals surface area contributed by atoms with Gasteiger partial charge in [0.2, 0.25) is 0 Å². The topological polar surface area (TPSA) is 47.7 Å². The van der Waals surface area contributed by atoms with Crippen molar-refractivity contribution >= 4 is 11.4 Å². The van der Waals surface area contributed by atoms with Crippen LogP contribution in [-0.2, 0) is 4.74 Å². The Labute approximate surface area is 108 Å².